The van der Waals surface area contributed by atoms with Crippen molar-refractivity contribution in [2.45, 2.75) is 26.2 Å². The van der Waals surface area contributed by atoms with Crippen LogP contribution in [0.25, 0.3) is 22.4 Å². The zero-order valence-electron chi connectivity index (χ0n) is 12.7. The molecule has 3 heteroatoms. The molecule has 0 bridgehead atoms. The van der Waals surface area contributed by atoms with E-state index >= 15 is 0 Å². The number of hydrogen-bond donors (Lipinski definition) is 0. The first kappa shape index (κ1) is 13.3. The van der Waals surface area contributed by atoms with Crippen molar-refractivity contribution in [2.75, 3.05) is 0 Å². The maximum Gasteiger partial charge on any atom is 0.234 e. The second kappa shape index (κ2) is 5.41. The molecular formula is C19H19N3. The van der Waals surface area contributed by atoms with E-state index in [-0.39, 0.29) is 0 Å². The quantitative estimate of drug-likeness (QED) is 0.689. The summed E-state index contributed by atoms with van der Waals surface area (Å²) in [4.78, 5) is 8.93. The maximum absolute atomic E-state index is 4.47. The van der Waals surface area contributed by atoms with E-state index in [1.165, 1.54) is 28.6 Å². The molecule has 2 heterocycles. The lowest BCUT2D eigenvalue weighted by molar-refractivity contribution is 0.533. The SMILES string of the molecule is CC1CC=C(c2cc3ccccc3n2-c2ncccn2)CC1. The zero-order valence-corrected chi connectivity index (χ0v) is 12.7. The molecule has 3 aromatic rings. The molecule has 0 saturated heterocycles. The van der Waals surface area contributed by atoms with Gasteiger partial charge in [-0.2, -0.15) is 0 Å². The number of fused-ring (bicyclic) bond motifs is 1. The molecule has 22 heavy (non-hydrogen) atoms. The number of aromatic nitrogens is 3. The molecule has 0 spiro atoms. The molecule has 0 radical (unpaired) electrons. The molecule has 0 fully saturated rings. The molecule has 110 valence electrons. The molecule has 1 aromatic carbocycles. The normalized spacial score (nSPS) is 18.4. The Morgan fingerprint density at radius 1 is 1.09 bits per heavy atom. The molecule has 0 saturated carbocycles. The predicted molar refractivity (Wildman–Crippen MR) is 89.9 cm³/mol. The zero-order chi connectivity index (χ0) is 14.9. The van der Waals surface area contributed by atoms with Gasteiger partial charge in [0, 0.05) is 17.8 Å². The van der Waals surface area contributed by atoms with E-state index in [2.05, 4.69) is 57.9 Å². The van der Waals surface area contributed by atoms with Crippen LogP contribution in [0.4, 0.5) is 0 Å². The highest BCUT2D eigenvalue weighted by atomic mass is 15.2. The molecular weight excluding hydrogens is 270 g/mol. The summed E-state index contributed by atoms with van der Waals surface area (Å²) >= 11 is 0. The summed E-state index contributed by atoms with van der Waals surface area (Å²) in [6.07, 6.45) is 9.54. The van der Waals surface area contributed by atoms with Gasteiger partial charge < -0.3 is 0 Å². The average molecular weight is 289 g/mol. The van der Waals surface area contributed by atoms with Gasteiger partial charge in [0.15, 0.2) is 0 Å². The van der Waals surface area contributed by atoms with Crippen molar-refractivity contribution in [3.8, 4) is 5.95 Å². The molecule has 3 nitrogen and oxygen atoms in total. The van der Waals surface area contributed by atoms with Gasteiger partial charge in [0.2, 0.25) is 5.95 Å². The van der Waals surface area contributed by atoms with Gasteiger partial charge in [0.25, 0.3) is 0 Å². The van der Waals surface area contributed by atoms with Gasteiger partial charge in [-0.05, 0) is 49.0 Å². The minimum Gasteiger partial charge on any atom is -0.278 e. The van der Waals surface area contributed by atoms with E-state index in [1.54, 1.807) is 12.4 Å². The van der Waals surface area contributed by atoms with E-state index in [9.17, 15) is 0 Å². The monoisotopic (exact) mass is 289 g/mol. The van der Waals surface area contributed by atoms with Gasteiger partial charge in [-0.1, -0.05) is 31.2 Å². The standard InChI is InChI=1S/C19H19N3/c1-14-7-9-15(10-8-14)18-13-16-5-2-3-6-17(16)22(18)19-20-11-4-12-21-19/h2-6,9,11-14H,7-8,10H2,1H3. The maximum atomic E-state index is 4.47. The lowest BCUT2D eigenvalue weighted by atomic mass is 9.89. The lowest BCUT2D eigenvalue weighted by Crippen LogP contribution is -2.07. The molecule has 2 aromatic heterocycles. The third kappa shape index (κ3) is 2.23. The summed E-state index contributed by atoms with van der Waals surface area (Å²) in [7, 11) is 0. The topological polar surface area (TPSA) is 30.7 Å². The molecule has 0 amide bonds. The van der Waals surface area contributed by atoms with Crippen LogP contribution >= 0.6 is 0 Å². The average Bonchev–Trinajstić information content (AvgIpc) is 2.96. The number of rotatable bonds is 2. The first-order valence-corrected chi connectivity index (χ1v) is 7.90. The summed E-state index contributed by atoms with van der Waals surface area (Å²) in [5, 5.41) is 1.24. The Kier molecular flexibility index (Phi) is 3.26. The fourth-order valence-corrected chi connectivity index (χ4v) is 3.21. The van der Waals surface area contributed by atoms with Gasteiger partial charge in [-0.15, -0.1) is 0 Å². The Labute approximate surface area is 130 Å². The van der Waals surface area contributed by atoms with E-state index in [0.29, 0.717) is 0 Å². The lowest BCUT2D eigenvalue weighted by Gasteiger charge is -2.19. The Balaban J connectivity index is 1.95. The van der Waals surface area contributed by atoms with Crippen LogP contribution < -0.4 is 0 Å². The highest BCUT2D eigenvalue weighted by molar-refractivity contribution is 5.87. The third-order valence-corrected chi connectivity index (χ3v) is 4.47. The van der Waals surface area contributed by atoms with Crippen LogP contribution in [0.3, 0.4) is 0 Å². The van der Waals surface area contributed by atoms with Crippen LogP contribution in [0.2, 0.25) is 0 Å². The number of para-hydroxylation sites is 1. The van der Waals surface area contributed by atoms with Crippen LogP contribution in [-0.2, 0) is 0 Å². The first-order valence-electron chi connectivity index (χ1n) is 7.90. The number of benzene rings is 1. The van der Waals surface area contributed by atoms with Crippen molar-refractivity contribution < 1.29 is 0 Å². The van der Waals surface area contributed by atoms with Crippen LogP contribution in [0.5, 0.6) is 0 Å². The summed E-state index contributed by atoms with van der Waals surface area (Å²) in [6, 6.07) is 12.6. The Morgan fingerprint density at radius 3 is 2.68 bits per heavy atom. The molecule has 0 N–H and O–H groups in total. The van der Waals surface area contributed by atoms with Crippen molar-refractivity contribution >= 4 is 16.5 Å². The number of allylic oxidation sites excluding steroid dienone is 2. The summed E-state index contributed by atoms with van der Waals surface area (Å²) < 4.78 is 2.19. The summed E-state index contributed by atoms with van der Waals surface area (Å²) in [6.45, 7) is 2.32. The smallest absolute Gasteiger partial charge is 0.234 e. The van der Waals surface area contributed by atoms with Gasteiger partial charge in [-0.25, -0.2) is 9.97 Å². The van der Waals surface area contributed by atoms with Crippen LogP contribution in [0, 0.1) is 5.92 Å². The van der Waals surface area contributed by atoms with Gasteiger partial charge in [0.05, 0.1) is 11.2 Å². The van der Waals surface area contributed by atoms with Crippen LogP contribution in [-0.4, -0.2) is 14.5 Å². The molecule has 1 aliphatic rings. The third-order valence-electron chi connectivity index (χ3n) is 4.47. The van der Waals surface area contributed by atoms with E-state index in [0.717, 1.165) is 24.7 Å². The second-order valence-corrected chi connectivity index (χ2v) is 6.08. The number of hydrogen-bond acceptors (Lipinski definition) is 2. The largest absolute Gasteiger partial charge is 0.278 e. The highest BCUT2D eigenvalue weighted by Gasteiger charge is 2.18. The van der Waals surface area contributed by atoms with E-state index in [1.807, 2.05) is 6.07 Å². The van der Waals surface area contributed by atoms with Crippen LogP contribution in [0.1, 0.15) is 31.9 Å². The summed E-state index contributed by atoms with van der Waals surface area (Å²) in [5.41, 5.74) is 3.82. The molecule has 0 aliphatic heterocycles. The first-order chi connectivity index (χ1) is 10.8. The minimum atomic E-state index is 0.748. The molecule has 1 aliphatic carbocycles. The van der Waals surface area contributed by atoms with Crippen molar-refractivity contribution in [3.05, 3.63) is 60.6 Å². The van der Waals surface area contributed by atoms with Gasteiger partial charge in [-0.3, -0.25) is 4.57 Å². The minimum absolute atomic E-state index is 0.748. The van der Waals surface area contributed by atoms with E-state index in [4.69, 9.17) is 0 Å². The fraction of sp³-hybridized carbons (Fsp3) is 0.263. The van der Waals surface area contributed by atoms with Crippen LogP contribution in [0.15, 0.2) is 54.9 Å². The molecule has 4 rings (SSSR count). The Morgan fingerprint density at radius 2 is 1.91 bits per heavy atom. The van der Waals surface area contributed by atoms with Crippen molar-refractivity contribution in [1.29, 1.82) is 0 Å². The van der Waals surface area contributed by atoms with Gasteiger partial charge in [0.1, 0.15) is 0 Å². The van der Waals surface area contributed by atoms with Crippen molar-refractivity contribution in [1.82, 2.24) is 14.5 Å². The highest BCUT2D eigenvalue weighted by Crippen LogP contribution is 2.34. The van der Waals surface area contributed by atoms with Gasteiger partial charge >= 0.3 is 0 Å². The van der Waals surface area contributed by atoms with E-state index < -0.39 is 0 Å². The Hall–Kier alpha value is -2.42. The fourth-order valence-electron chi connectivity index (χ4n) is 3.21. The summed E-state index contributed by atoms with van der Waals surface area (Å²) in [5.74, 6) is 1.53. The predicted octanol–water partition coefficient (Wildman–Crippen LogP) is 4.62. The second-order valence-electron chi connectivity index (χ2n) is 6.08. The molecule has 1 atom stereocenters. The Bertz CT molecular complexity index is 830. The van der Waals surface area contributed by atoms with Crippen molar-refractivity contribution in [2.24, 2.45) is 5.92 Å². The molecule has 1 unspecified atom stereocenters. The van der Waals surface area contributed by atoms with Crippen molar-refractivity contribution in [3.63, 3.8) is 0 Å². The number of nitrogens with zero attached hydrogens (tertiary/aromatic N) is 3.